The summed E-state index contributed by atoms with van der Waals surface area (Å²) in [6.45, 7) is 4.15. The molecule has 1 N–H and O–H groups in total. The van der Waals surface area contributed by atoms with Crippen molar-refractivity contribution in [2.45, 2.75) is 58.1 Å². The quantitative estimate of drug-likeness (QED) is 0.782. The number of hydrogen-bond donors (Lipinski definition) is 1. The summed E-state index contributed by atoms with van der Waals surface area (Å²) in [5, 5.41) is 3.43. The van der Waals surface area contributed by atoms with Crippen LogP contribution in [0.1, 0.15) is 57.6 Å². The van der Waals surface area contributed by atoms with Gasteiger partial charge in [-0.3, -0.25) is 4.90 Å². The Bertz CT molecular complexity index is 726. The van der Waals surface area contributed by atoms with Crippen LogP contribution < -0.4 is 5.32 Å². The van der Waals surface area contributed by atoms with Crippen molar-refractivity contribution in [2.24, 2.45) is 0 Å². The molecule has 1 saturated carbocycles. The molecule has 1 fully saturated rings. The van der Waals surface area contributed by atoms with Crippen LogP contribution in [-0.2, 0) is 9.53 Å². The molecule has 140 valence electrons. The lowest BCUT2D eigenvalue weighted by atomic mass is 9.94. The minimum Gasteiger partial charge on any atom is -0.459 e. The van der Waals surface area contributed by atoms with E-state index in [1.54, 1.807) is 17.9 Å². The number of nitrogens with zero attached hydrogens (tertiary/aromatic N) is 1. The van der Waals surface area contributed by atoms with Crippen molar-refractivity contribution in [2.75, 3.05) is 6.54 Å². The Kier molecular flexibility index (Phi) is 5.87. The molecule has 0 radical (unpaired) electrons. The van der Waals surface area contributed by atoms with E-state index >= 15 is 0 Å². The lowest BCUT2D eigenvalue weighted by Gasteiger charge is -2.35. The van der Waals surface area contributed by atoms with Crippen molar-refractivity contribution in [3.05, 3.63) is 46.1 Å². The minimum absolute atomic E-state index is 0.0452. The van der Waals surface area contributed by atoms with Gasteiger partial charge in [0.15, 0.2) is 0 Å². The molecule has 2 amide bonds. The van der Waals surface area contributed by atoms with Crippen LogP contribution in [0.5, 0.6) is 0 Å². The van der Waals surface area contributed by atoms with Crippen LogP contribution in [0.15, 0.2) is 35.5 Å². The SMILES string of the molecule is CCN1C(=O)N[C@@H](c2ccccc2Cl)C(C(=O)OC2CCCCC2)=C1C. The first-order valence-corrected chi connectivity index (χ1v) is 9.65. The highest BCUT2D eigenvalue weighted by molar-refractivity contribution is 6.31. The topological polar surface area (TPSA) is 58.6 Å². The summed E-state index contributed by atoms with van der Waals surface area (Å²) in [6, 6.07) is 6.43. The Morgan fingerprint density at radius 3 is 2.62 bits per heavy atom. The smallest absolute Gasteiger partial charge is 0.338 e. The van der Waals surface area contributed by atoms with E-state index in [1.807, 2.05) is 25.1 Å². The number of carbonyl (C=O) groups excluding carboxylic acids is 2. The van der Waals surface area contributed by atoms with E-state index in [0.717, 1.165) is 25.7 Å². The number of esters is 1. The maximum atomic E-state index is 13.0. The van der Waals surface area contributed by atoms with Crippen molar-refractivity contribution >= 4 is 23.6 Å². The van der Waals surface area contributed by atoms with Gasteiger partial charge in [0.1, 0.15) is 6.10 Å². The molecule has 6 heteroatoms. The minimum atomic E-state index is -0.602. The van der Waals surface area contributed by atoms with Gasteiger partial charge in [-0.05, 0) is 51.2 Å². The molecule has 2 aliphatic rings. The average Bonchev–Trinajstić information content (AvgIpc) is 2.62. The molecule has 1 heterocycles. The maximum Gasteiger partial charge on any atom is 0.338 e. The van der Waals surface area contributed by atoms with Gasteiger partial charge >= 0.3 is 12.0 Å². The van der Waals surface area contributed by atoms with E-state index in [9.17, 15) is 9.59 Å². The van der Waals surface area contributed by atoms with Gasteiger partial charge in [-0.15, -0.1) is 0 Å². The number of ether oxygens (including phenoxy) is 1. The third-order valence-electron chi connectivity index (χ3n) is 5.17. The van der Waals surface area contributed by atoms with Gasteiger partial charge in [0, 0.05) is 17.3 Å². The molecule has 1 aromatic rings. The zero-order valence-electron chi connectivity index (χ0n) is 15.3. The molecule has 3 rings (SSSR count). The Morgan fingerprint density at radius 1 is 1.27 bits per heavy atom. The Morgan fingerprint density at radius 2 is 1.96 bits per heavy atom. The summed E-state index contributed by atoms with van der Waals surface area (Å²) in [6.07, 6.45) is 5.12. The van der Waals surface area contributed by atoms with Crippen LogP contribution in [0.3, 0.4) is 0 Å². The van der Waals surface area contributed by atoms with Gasteiger partial charge < -0.3 is 10.1 Å². The molecular formula is C20H25ClN2O3. The molecule has 0 unspecified atom stereocenters. The predicted octanol–water partition coefficient (Wildman–Crippen LogP) is 4.58. The highest BCUT2D eigenvalue weighted by Crippen LogP contribution is 2.35. The summed E-state index contributed by atoms with van der Waals surface area (Å²) in [7, 11) is 0. The number of carbonyl (C=O) groups is 2. The third-order valence-corrected chi connectivity index (χ3v) is 5.52. The standard InChI is InChI=1S/C20H25ClN2O3/c1-3-23-13(2)17(19(24)26-14-9-5-4-6-10-14)18(22-20(23)25)15-11-7-8-12-16(15)21/h7-8,11-12,14,18H,3-6,9-10H2,1-2H3,(H,22,25)/t18-/m0/s1. The van der Waals surface area contributed by atoms with Crippen molar-refractivity contribution in [1.82, 2.24) is 10.2 Å². The molecule has 0 aromatic heterocycles. The van der Waals surface area contributed by atoms with Crippen molar-refractivity contribution < 1.29 is 14.3 Å². The molecule has 1 aromatic carbocycles. The Hall–Kier alpha value is -2.01. The molecule has 5 nitrogen and oxygen atoms in total. The first-order valence-electron chi connectivity index (χ1n) is 9.27. The number of halogens is 1. The average molecular weight is 377 g/mol. The van der Waals surface area contributed by atoms with E-state index in [2.05, 4.69) is 5.32 Å². The molecular weight excluding hydrogens is 352 g/mol. The van der Waals surface area contributed by atoms with Crippen LogP contribution in [0.2, 0.25) is 5.02 Å². The van der Waals surface area contributed by atoms with Gasteiger partial charge in [-0.2, -0.15) is 0 Å². The largest absolute Gasteiger partial charge is 0.459 e. The van der Waals surface area contributed by atoms with E-state index in [-0.39, 0.29) is 18.1 Å². The van der Waals surface area contributed by atoms with E-state index in [4.69, 9.17) is 16.3 Å². The molecule has 0 spiro atoms. The first kappa shape index (κ1) is 18.8. The van der Waals surface area contributed by atoms with E-state index < -0.39 is 6.04 Å². The second-order valence-corrected chi connectivity index (χ2v) is 7.22. The van der Waals surface area contributed by atoms with Gasteiger partial charge in [0.05, 0.1) is 11.6 Å². The monoisotopic (exact) mass is 376 g/mol. The molecule has 26 heavy (non-hydrogen) atoms. The van der Waals surface area contributed by atoms with Gasteiger partial charge in [0.2, 0.25) is 0 Å². The van der Waals surface area contributed by atoms with E-state index in [1.165, 1.54) is 6.42 Å². The number of rotatable bonds is 4. The van der Waals surface area contributed by atoms with Gasteiger partial charge in [-0.25, -0.2) is 9.59 Å². The molecule has 0 saturated heterocycles. The van der Waals surface area contributed by atoms with Crippen LogP contribution in [0, 0.1) is 0 Å². The van der Waals surface area contributed by atoms with Crippen molar-refractivity contribution in [1.29, 1.82) is 0 Å². The molecule has 1 aliphatic carbocycles. The van der Waals surface area contributed by atoms with Crippen LogP contribution >= 0.6 is 11.6 Å². The van der Waals surface area contributed by atoms with E-state index in [0.29, 0.717) is 28.4 Å². The summed E-state index contributed by atoms with van der Waals surface area (Å²) < 4.78 is 5.80. The Balaban J connectivity index is 1.96. The summed E-state index contributed by atoms with van der Waals surface area (Å²) in [5.74, 6) is -0.363. The number of amides is 2. The number of benzene rings is 1. The normalized spacial score (nSPS) is 21.6. The van der Waals surface area contributed by atoms with Crippen LogP contribution in [0.4, 0.5) is 4.79 Å². The lowest BCUT2D eigenvalue weighted by molar-refractivity contribution is -0.146. The zero-order valence-corrected chi connectivity index (χ0v) is 16.0. The number of hydrogen-bond acceptors (Lipinski definition) is 3. The second kappa shape index (κ2) is 8.12. The lowest BCUT2D eigenvalue weighted by Crippen LogP contribution is -2.48. The van der Waals surface area contributed by atoms with Gasteiger partial charge in [0.25, 0.3) is 0 Å². The molecule has 1 atom stereocenters. The summed E-state index contributed by atoms with van der Waals surface area (Å²) in [4.78, 5) is 27.1. The van der Waals surface area contributed by atoms with Crippen LogP contribution in [-0.4, -0.2) is 29.5 Å². The fourth-order valence-electron chi connectivity index (χ4n) is 3.77. The predicted molar refractivity (Wildman–Crippen MR) is 101 cm³/mol. The van der Waals surface area contributed by atoms with Gasteiger partial charge in [-0.1, -0.05) is 36.2 Å². The number of urea groups is 1. The molecule has 0 bridgehead atoms. The molecule has 1 aliphatic heterocycles. The zero-order chi connectivity index (χ0) is 18.7. The third kappa shape index (κ3) is 3.73. The fourth-order valence-corrected chi connectivity index (χ4v) is 4.01. The summed E-state index contributed by atoms with van der Waals surface area (Å²) in [5.41, 5.74) is 1.79. The van der Waals surface area contributed by atoms with Crippen LogP contribution in [0.25, 0.3) is 0 Å². The first-order chi connectivity index (χ1) is 12.5. The highest BCUT2D eigenvalue weighted by Gasteiger charge is 2.37. The summed E-state index contributed by atoms with van der Waals surface area (Å²) >= 11 is 6.35. The second-order valence-electron chi connectivity index (χ2n) is 6.81. The van der Waals surface area contributed by atoms with Crippen molar-refractivity contribution in [3.8, 4) is 0 Å². The van der Waals surface area contributed by atoms with Crippen molar-refractivity contribution in [3.63, 3.8) is 0 Å². The highest BCUT2D eigenvalue weighted by atomic mass is 35.5. The number of allylic oxidation sites excluding steroid dienone is 1. The number of nitrogens with one attached hydrogen (secondary N) is 1. The maximum absolute atomic E-state index is 13.0. The Labute approximate surface area is 159 Å². The fraction of sp³-hybridized carbons (Fsp3) is 0.500.